The average molecular weight is 666 g/mol. The van der Waals surface area contributed by atoms with E-state index in [-0.39, 0.29) is 64.8 Å². The molecule has 43 heavy (non-hydrogen) atoms. The topological polar surface area (TPSA) is 127 Å². The zero-order chi connectivity index (χ0) is 29.8. The number of halogens is 1. The van der Waals surface area contributed by atoms with Gasteiger partial charge >= 0.3 is 5.97 Å². The molecule has 6 fully saturated rings. The molecule has 3 N–H and O–H groups in total. The number of hydrogen-bond donors (Lipinski definition) is 3. The first-order valence-electron chi connectivity index (χ1n) is 15.4. The highest BCUT2D eigenvalue weighted by atomic mass is 79.9. The van der Waals surface area contributed by atoms with Crippen molar-refractivity contribution in [1.29, 1.82) is 0 Å². The first kappa shape index (κ1) is 31.4. The Morgan fingerprint density at radius 1 is 1.07 bits per heavy atom. The van der Waals surface area contributed by atoms with E-state index in [0.29, 0.717) is 56.4 Å². The van der Waals surface area contributed by atoms with Crippen molar-refractivity contribution in [3.63, 3.8) is 0 Å². The number of methoxy groups -OCH3 is 3. The number of likely N-dealkylation sites (N-methyl/N-ethyl adjacent to an activating group) is 1. The van der Waals surface area contributed by atoms with Crippen molar-refractivity contribution < 1.29 is 38.7 Å². The Hall–Kier alpha value is -1.60. The van der Waals surface area contributed by atoms with Crippen molar-refractivity contribution in [1.82, 2.24) is 4.90 Å². The number of piperidine rings is 1. The summed E-state index contributed by atoms with van der Waals surface area (Å²) in [4.78, 5) is 28.3. The second kappa shape index (κ2) is 10.5. The highest BCUT2D eigenvalue weighted by molar-refractivity contribution is 8.93. The number of amides is 1. The van der Waals surface area contributed by atoms with Gasteiger partial charge in [-0.25, -0.2) is 4.79 Å². The minimum atomic E-state index is -1.48. The van der Waals surface area contributed by atoms with E-state index in [9.17, 15) is 19.8 Å². The number of aliphatic hydroxyl groups is 2. The number of carbonyl (C=O) groups excluding carboxylic acids is 2. The molecule has 0 aromatic heterocycles. The molecule has 1 aliphatic heterocycles. The van der Waals surface area contributed by atoms with Gasteiger partial charge in [0, 0.05) is 76.3 Å². The van der Waals surface area contributed by atoms with Gasteiger partial charge in [-0.05, 0) is 44.4 Å². The summed E-state index contributed by atoms with van der Waals surface area (Å²) in [6, 6.07) is 6.89. The molecular formula is C32H45BrN2O8. The number of benzene rings is 1. The molecule has 5 aliphatic carbocycles. The zero-order valence-corrected chi connectivity index (χ0v) is 27.3. The van der Waals surface area contributed by atoms with E-state index < -0.39 is 34.3 Å². The Bertz CT molecular complexity index is 1300. The molecule has 5 saturated carbocycles. The summed E-state index contributed by atoms with van der Waals surface area (Å²) in [5.41, 5.74) is -3.57. The molecule has 1 saturated heterocycles. The Balaban J connectivity index is 0.00000329. The van der Waals surface area contributed by atoms with Gasteiger partial charge in [-0.3, -0.25) is 9.69 Å². The number of rotatable bonds is 7. The molecular weight excluding hydrogens is 620 g/mol. The molecule has 1 amide bonds. The van der Waals surface area contributed by atoms with E-state index in [0.717, 1.165) is 0 Å². The summed E-state index contributed by atoms with van der Waals surface area (Å²) in [6.45, 7) is 4.79. The lowest BCUT2D eigenvalue weighted by Crippen LogP contribution is -2.83. The van der Waals surface area contributed by atoms with Gasteiger partial charge in [-0.15, -0.1) is 17.0 Å². The number of nitrogens with zero attached hydrogens (tertiary/aromatic N) is 1. The van der Waals surface area contributed by atoms with Crippen LogP contribution in [0.4, 0.5) is 5.69 Å². The van der Waals surface area contributed by atoms with Crippen LogP contribution in [0.2, 0.25) is 0 Å². The lowest BCUT2D eigenvalue weighted by atomic mass is 9.44. The van der Waals surface area contributed by atoms with E-state index in [1.807, 2.05) is 0 Å². The van der Waals surface area contributed by atoms with E-state index in [2.05, 4.69) is 17.1 Å². The van der Waals surface area contributed by atoms with Gasteiger partial charge in [0.05, 0.1) is 29.6 Å². The first-order chi connectivity index (χ1) is 20.1. The van der Waals surface area contributed by atoms with Gasteiger partial charge in [0.25, 0.3) is 0 Å². The minimum Gasteiger partial charge on any atom is -0.454 e. The number of carbonyl (C=O) groups is 2. The Morgan fingerprint density at radius 3 is 2.47 bits per heavy atom. The van der Waals surface area contributed by atoms with Crippen LogP contribution in [0.5, 0.6) is 0 Å². The number of ether oxygens (including phenoxy) is 4. The monoisotopic (exact) mass is 664 g/mol. The molecule has 0 radical (unpaired) electrons. The number of esters is 1. The van der Waals surface area contributed by atoms with Gasteiger partial charge in [0.1, 0.15) is 16.8 Å². The fourth-order valence-corrected chi connectivity index (χ4v) is 11.6. The molecule has 7 rings (SSSR count). The van der Waals surface area contributed by atoms with Crippen molar-refractivity contribution in [3.05, 3.63) is 29.8 Å². The Kier molecular flexibility index (Phi) is 7.64. The number of nitrogens with one attached hydrogen (secondary N) is 1. The van der Waals surface area contributed by atoms with Crippen molar-refractivity contribution in [2.24, 2.45) is 29.1 Å². The highest BCUT2D eigenvalue weighted by Crippen LogP contribution is 2.79. The molecule has 12 atom stereocenters. The first-order valence-corrected chi connectivity index (χ1v) is 15.4. The maximum Gasteiger partial charge on any atom is 0.340 e. The molecule has 10 nitrogen and oxygen atoms in total. The summed E-state index contributed by atoms with van der Waals surface area (Å²) >= 11 is 0. The molecule has 1 aromatic rings. The quantitative estimate of drug-likeness (QED) is 0.377. The third kappa shape index (κ3) is 3.67. The fourth-order valence-electron chi connectivity index (χ4n) is 11.6. The maximum absolute atomic E-state index is 14.0. The highest BCUT2D eigenvalue weighted by Gasteiger charge is 2.89. The lowest BCUT2D eigenvalue weighted by Gasteiger charge is -2.70. The molecule has 6 aliphatic rings. The molecule has 4 unspecified atom stereocenters. The van der Waals surface area contributed by atoms with Gasteiger partial charge in [-0.2, -0.15) is 0 Å². The predicted octanol–water partition coefficient (Wildman–Crippen LogP) is 2.80. The largest absolute Gasteiger partial charge is 0.454 e. The zero-order valence-electron chi connectivity index (χ0n) is 25.6. The van der Waals surface area contributed by atoms with Crippen LogP contribution in [-0.2, 0) is 23.7 Å². The Labute approximate surface area is 263 Å². The molecule has 1 aromatic carbocycles. The van der Waals surface area contributed by atoms with Crippen molar-refractivity contribution >= 4 is 34.5 Å². The van der Waals surface area contributed by atoms with E-state index >= 15 is 0 Å². The van der Waals surface area contributed by atoms with Gasteiger partial charge in [-0.1, -0.05) is 19.1 Å². The maximum atomic E-state index is 14.0. The lowest BCUT2D eigenvalue weighted by molar-refractivity contribution is -0.337. The summed E-state index contributed by atoms with van der Waals surface area (Å²) < 4.78 is 25.1. The normalized spacial score (nSPS) is 47.0. The molecule has 238 valence electrons. The SMILES string of the molecule is Br.CCN1C[C@]2(OC(=O)c3ccccc3NC(C)=O)CCC(OC)C34C1C(C[C@@H]32)[C@@]1(O)C[C@H](OC)[C@H]2C[C@@H]4[C@]1(O)[C@H]2OC. The van der Waals surface area contributed by atoms with Crippen LogP contribution in [0.25, 0.3) is 0 Å². The van der Waals surface area contributed by atoms with Crippen LogP contribution in [0.15, 0.2) is 24.3 Å². The number of anilines is 1. The average Bonchev–Trinajstić information content (AvgIpc) is 3.39. The molecule has 11 heteroatoms. The molecule has 7 bridgehead atoms. The fraction of sp³-hybridized carbons (Fsp3) is 0.750. The van der Waals surface area contributed by atoms with Crippen molar-refractivity contribution in [2.45, 2.75) is 87.1 Å². The number of para-hydroxylation sites is 1. The van der Waals surface area contributed by atoms with Crippen LogP contribution in [-0.4, -0.2) is 103 Å². The van der Waals surface area contributed by atoms with Crippen LogP contribution in [0.1, 0.15) is 56.3 Å². The van der Waals surface area contributed by atoms with Crippen molar-refractivity contribution in [3.8, 4) is 0 Å². The van der Waals surface area contributed by atoms with Crippen LogP contribution < -0.4 is 5.32 Å². The molecule has 1 heterocycles. The van der Waals surface area contributed by atoms with Crippen LogP contribution >= 0.6 is 17.0 Å². The smallest absolute Gasteiger partial charge is 0.340 e. The summed E-state index contributed by atoms with van der Waals surface area (Å²) in [7, 11) is 5.05. The second-order valence-electron chi connectivity index (χ2n) is 13.7. The number of likely N-dealkylation sites (tertiary alicyclic amines) is 1. The minimum absolute atomic E-state index is 0. The van der Waals surface area contributed by atoms with Gasteiger partial charge in [0.15, 0.2) is 0 Å². The van der Waals surface area contributed by atoms with Crippen molar-refractivity contribution in [2.75, 3.05) is 39.7 Å². The second-order valence-corrected chi connectivity index (χ2v) is 13.7. The summed E-state index contributed by atoms with van der Waals surface area (Å²) in [5, 5.41) is 28.4. The van der Waals surface area contributed by atoms with Gasteiger partial charge in [0.2, 0.25) is 5.91 Å². The van der Waals surface area contributed by atoms with Gasteiger partial charge < -0.3 is 34.5 Å². The van der Waals surface area contributed by atoms with E-state index in [1.54, 1.807) is 45.6 Å². The number of hydrogen-bond acceptors (Lipinski definition) is 9. The number of fused-ring (bicyclic) bond motifs is 2. The third-order valence-electron chi connectivity index (χ3n) is 12.6. The van der Waals surface area contributed by atoms with Crippen LogP contribution in [0, 0.1) is 29.1 Å². The third-order valence-corrected chi connectivity index (χ3v) is 12.6. The van der Waals surface area contributed by atoms with E-state index in [1.165, 1.54) is 6.92 Å². The summed E-state index contributed by atoms with van der Waals surface area (Å²) in [6.07, 6.45) is 1.91. The molecule has 1 spiro atoms. The summed E-state index contributed by atoms with van der Waals surface area (Å²) in [5.74, 6) is -1.54. The van der Waals surface area contributed by atoms with Crippen LogP contribution in [0.3, 0.4) is 0 Å². The standard InChI is InChI=1S/C32H44N2O8.BrH/c1-6-34-16-29(42-28(36)18-9-7-8-10-21(18)33-17(2)35)12-11-25(40-4)31-23(29)14-20(26(31)34)30(37)15-22(39-3)19-13-24(31)32(30,38)27(19)41-5;/h7-10,19-20,22-27,37-38H,6,11-16H2,1-5H3,(H,33,35);1H/t19-,20?,22+,23-,24+,25?,26?,27+,29-,30+,31?,32+;/m1./s1. The van der Waals surface area contributed by atoms with E-state index in [4.69, 9.17) is 18.9 Å². The Morgan fingerprint density at radius 2 is 1.81 bits per heavy atom. The predicted molar refractivity (Wildman–Crippen MR) is 162 cm³/mol.